The molecule has 7 heteroatoms. The lowest BCUT2D eigenvalue weighted by molar-refractivity contribution is -0.115. The van der Waals surface area contributed by atoms with Crippen molar-refractivity contribution in [1.29, 1.82) is 0 Å². The Labute approximate surface area is 197 Å². The lowest BCUT2D eigenvalue weighted by Gasteiger charge is -2.17. The number of nitrogens with one attached hydrogen (secondary N) is 3. The number of carbonyl (C=O) groups excluding carboxylic acids is 1. The summed E-state index contributed by atoms with van der Waals surface area (Å²) < 4.78 is 0. The molecule has 0 aromatic heterocycles. The molecule has 0 fully saturated rings. The summed E-state index contributed by atoms with van der Waals surface area (Å²) in [6, 6.07) is 23.1. The number of hydrogen-bond donors (Lipinski definition) is 3. The molecule has 3 aromatic carbocycles. The molecule has 160 valence electrons. The maximum absolute atomic E-state index is 12.9. The minimum Gasteiger partial charge on any atom is -0.332 e. The minimum absolute atomic E-state index is 0.0440. The predicted molar refractivity (Wildman–Crippen MR) is 137 cm³/mol. The summed E-state index contributed by atoms with van der Waals surface area (Å²) in [6.45, 7) is 3.95. The van der Waals surface area contributed by atoms with Gasteiger partial charge in [0.1, 0.15) is 0 Å². The van der Waals surface area contributed by atoms with Crippen molar-refractivity contribution in [3.05, 3.63) is 83.4 Å². The van der Waals surface area contributed by atoms with Gasteiger partial charge in [0.05, 0.1) is 5.25 Å². The first kappa shape index (κ1) is 23.1. The SMILES string of the molecule is CCC(Sc1cccc(NC(=S)Nc2ccccc2)c1)C(=O)Nc1cc(Cl)ccc1C. The van der Waals surface area contributed by atoms with Crippen molar-refractivity contribution in [1.82, 2.24) is 0 Å². The fourth-order valence-electron chi connectivity index (χ4n) is 2.89. The van der Waals surface area contributed by atoms with E-state index in [9.17, 15) is 4.79 Å². The molecule has 1 unspecified atom stereocenters. The fraction of sp³-hybridized carbons (Fsp3) is 0.167. The van der Waals surface area contributed by atoms with Gasteiger partial charge in [0.25, 0.3) is 0 Å². The molecule has 1 atom stereocenters. The second kappa shape index (κ2) is 11.2. The van der Waals surface area contributed by atoms with Crippen molar-refractivity contribution in [2.24, 2.45) is 0 Å². The maximum Gasteiger partial charge on any atom is 0.237 e. The van der Waals surface area contributed by atoms with E-state index >= 15 is 0 Å². The molecule has 0 aliphatic heterocycles. The quantitative estimate of drug-likeness (QED) is 0.258. The maximum atomic E-state index is 12.9. The predicted octanol–water partition coefficient (Wildman–Crippen LogP) is 6.97. The van der Waals surface area contributed by atoms with Crippen molar-refractivity contribution < 1.29 is 4.79 Å². The Morgan fingerprint density at radius 2 is 1.68 bits per heavy atom. The van der Waals surface area contributed by atoms with Crippen LogP contribution in [0.1, 0.15) is 18.9 Å². The van der Waals surface area contributed by atoms with Gasteiger partial charge >= 0.3 is 0 Å². The van der Waals surface area contributed by atoms with E-state index in [2.05, 4.69) is 16.0 Å². The summed E-state index contributed by atoms with van der Waals surface area (Å²) in [4.78, 5) is 13.8. The lowest BCUT2D eigenvalue weighted by Crippen LogP contribution is -2.25. The summed E-state index contributed by atoms with van der Waals surface area (Å²) in [5.74, 6) is -0.0440. The Kier molecular flexibility index (Phi) is 8.35. The Balaban J connectivity index is 1.63. The van der Waals surface area contributed by atoms with Crippen LogP contribution in [0.3, 0.4) is 0 Å². The van der Waals surface area contributed by atoms with E-state index in [-0.39, 0.29) is 11.2 Å². The van der Waals surface area contributed by atoms with Gasteiger partial charge in [-0.05, 0) is 73.6 Å². The molecule has 0 saturated heterocycles. The Morgan fingerprint density at radius 3 is 2.42 bits per heavy atom. The number of rotatable bonds is 7. The number of amides is 1. The molecule has 0 saturated carbocycles. The largest absolute Gasteiger partial charge is 0.332 e. The second-order valence-electron chi connectivity index (χ2n) is 6.94. The number of carbonyl (C=O) groups is 1. The Bertz CT molecular complexity index is 1060. The smallest absolute Gasteiger partial charge is 0.237 e. The molecule has 3 aromatic rings. The van der Waals surface area contributed by atoms with E-state index in [1.54, 1.807) is 6.07 Å². The van der Waals surface area contributed by atoms with Crippen molar-refractivity contribution >= 4 is 63.7 Å². The van der Waals surface area contributed by atoms with Gasteiger partial charge in [-0.15, -0.1) is 11.8 Å². The topological polar surface area (TPSA) is 53.2 Å². The van der Waals surface area contributed by atoms with E-state index in [0.29, 0.717) is 16.6 Å². The number of aryl methyl sites for hydroxylation is 1. The highest BCUT2D eigenvalue weighted by Gasteiger charge is 2.19. The molecular weight excluding hydrogens is 446 g/mol. The average molecular weight is 470 g/mol. The molecule has 0 bridgehead atoms. The summed E-state index contributed by atoms with van der Waals surface area (Å²) >= 11 is 13.0. The summed E-state index contributed by atoms with van der Waals surface area (Å²) in [6.07, 6.45) is 0.696. The van der Waals surface area contributed by atoms with Gasteiger partial charge < -0.3 is 16.0 Å². The molecule has 31 heavy (non-hydrogen) atoms. The van der Waals surface area contributed by atoms with Crippen LogP contribution in [-0.4, -0.2) is 16.3 Å². The standard InChI is InChI=1S/C24H24ClN3OS2/c1-3-22(23(29)28-21-14-17(25)13-12-16(21)2)31-20-11-7-10-19(15-20)27-24(30)26-18-8-5-4-6-9-18/h4-15,22H,3H2,1-2H3,(H,28,29)(H2,26,27,30). The van der Waals surface area contributed by atoms with Gasteiger partial charge in [-0.2, -0.15) is 0 Å². The number of benzene rings is 3. The van der Waals surface area contributed by atoms with Crippen LogP contribution in [-0.2, 0) is 4.79 Å². The van der Waals surface area contributed by atoms with Crippen molar-refractivity contribution in [2.75, 3.05) is 16.0 Å². The van der Waals surface area contributed by atoms with E-state index in [4.69, 9.17) is 23.8 Å². The fourth-order valence-corrected chi connectivity index (χ4v) is 4.31. The summed E-state index contributed by atoms with van der Waals surface area (Å²) in [7, 11) is 0. The van der Waals surface area contributed by atoms with Crippen molar-refractivity contribution in [2.45, 2.75) is 30.4 Å². The van der Waals surface area contributed by atoms with Crippen LogP contribution in [0.4, 0.5) is 17.1 Å². The number of halogens is 1. The molecule has 0 spiro atoms. The van der Waals surface area contributed by atoms with Crippen LogP contribution < -0.4 is 16.0 Å². The van der Waals surface area contributed by atoms with Gasteiger partial charge in [0, 0.05) is 27.0 Å². The number of thioether (sulfide) groups is 1. The van der Waals surface area contributed by atoms with E-state index in [1.807, 2.05) is 80.6 Å². The minimum atomic E-state index is -0.233. The van der Waals surface area contributed by atoms with E-state index in [1.165, 1.54) is 11.8 Å². The highest BCUT2D eigenvalue weighted by Crippen LogP contribution is 2.29. The molecule has 0 aliphatic carbocycles. The molecular formula is C24H24ClN3OS2. The van der Waals surface area contributed by atoms with Crippen molar-refractivity contribution in [3.8, 4) is 0 Å². The van der Waals surface area contributed by atoms with Crippen LogP contribution in [0.2, 0.25) is 5.02 Å². The van der Waals surface area contributed by atoms with E-state index < -0.39 is 0 Å². The number of para-hydroxylation sites is 1. The summed E-state index contributed by atoms with van der Waals surface area (Å²) in [5, 5.41) is 10.2. The third-order valence-electron chi connectivity index (χ3n) is 4.52. The Hall–Kier alpha value is -2.54. The first-order valence-corrected chi connectivity index (χ1v) is 11.6. The number of anilines is 3. The van der Waals surface area contributed by atoms with Crippen molar-refractivity contribution in [3.63, 3.8) is 0 Å². The molecule has 0 heterocycles. The van der Waals surface area contributed by atoms with Gasteiger partial charge in [-0.25, -0.2) is 0 Å². The third kappa shape index (κ3) is 6.99. The third-order valence-corrected chi connectivity index (χ3v) is 6.32. The van der Waals surface area contributed by atoms with Gasteiger partial charge in [0.2, 0.25) is 5.91 Å². The van der Waals surface area contributed by atoms with Gasteiger partial charge in [0.15, 0.2) is 5.11 Å². The Morgan fingerprint density at radius 1 is 0.968 bits per heavy atom. The average Bonchev–Trinajstić information content (AvgIpc) is 2.75. The highest BCUT2D eigenvalue weighted by atomic mass is 35.5. The molecule has 0 aliphatic rings. The summed E-state index contributed by atoms with van der Waals surface area (Å²) in [5.41, 5.74) is 3.50. The van der Waals surface area contributed by atoms with Crippen LogP contribution in [0.25, 0.3) is 0 Å². The highest BCUT2D eigenvalue weighted by molar-refractivity contribution is 8.00. The van der Waals surface area contributed by atoms with Crippen LogP contribution >= 0.6 is 35.6 Å². The molecule has 0 radical (unpaired) electrons. The molecule has 4 nitrogen and oxygen atoms in total. The van der Waals surface area contributed by atoms with Crippen LogP contribution in [0, 0.1) is 6.92 Å². The van der Waals surface area contributed by atoms with Gasteiger partial charge in [-0.3, -0.25) is 4.79 Å². The zero-order chi connectivity index (χ0) is 22.2. The number of hydrogen-bond acceptors (Lipinski definition) is 3. The van der Waals surface area contributed by atoms with Crippen LogP contribution in [0.5, 0.6) is 0 Å². The molecule has 1 amide bonds. The van der Waals surface area contributed by atoms with Crippen LogP contribution in [0.15, 0.2) is 77.7 Å². The normalized spacial score (nSPS) is 11.5. The first-order chi connectivity index (χ1) is 14.9. The zero-order valence-electron chi connectivity index (χ0n) is 17.3. The van der Waals surface area contributed by atoms with Gasteiger partial charge in [-0.1, -0.05) is 48.9 Å². The molecule has 3 N–H and O–H groups in total. The number of thiocarbonyl (C=S) groups is 1. The molecule has 3 rings (SSSR count). The first-order valence-electron chi connectivity index (χ1n) is 9.91. The van der Waals surface area contributed by atoms with E-state index in [0.717, 1.165) is 27.5 Å². The lowest BCUT2D eigenvalue weighted by atomic mass is 10.2. The second-order valence-corrected chi connectivity index (χ2v) is 9.06. The zero-order valence-corrected chi connectivity index (χ0v) is 19.7. The monoisotopic (exact) mass is 469 g/mol.